The number of carbonyl (C=O) groups excluding carboxylic acids is 2. The SMILES string of the molecule is COc1cc(OC)cc(C(=O)Nc2ccccc2[C@H]2SCC(=O)N2c2ccc(C)cc2)c1. The van der Waals surface area contributed by atoms with Crippen LogP contribution in [0.1, 0.15) is 26.9 Å². The second kappa shape index (κ2) is 9.36. The number of hydrogen-bond donors (Lipinski definition) is 1. The minimum atomic E-state index is -0.286. The van der Waals surface area contributed by atoms with Gasteiger partial charge in [0, 0.05) is 28.6 Å². The van der Waals surface area contributed by atoms with Crippen LogP contribution >= 0.6 is 11.8 Å². The van der Waals surface area contributed by atoms with Crippen molar-refractivity contribution < 1.29 is 19.1 Å². The summed E-state index contributed by atoms with van der Waals surface area (Å²) in [5.74, 6) is 1.21. The molecule has 0 spiro atoms. The fraction of sp³-hybridized carbons (Fsp3) is 0.200. The Balaban J connectivity index is 1.65. The fourth-order valence-corrected chi connectivity index (χ4v) is 4.81. The molecule has 2 amide bonds. The molecule has 0 saturated carbocycles. The number of benzene rings is 3. The van der Waals surface area contributed by atoms with Crippen molar-refractivity contribution in [2.24, 2.45) is 0 Å². The van der Waals surface area contributed by atoms with Gasteiger partial charge in [-0.1, -0.05) is 35.9 Å². The zero-order valence-electron chi connectivity index (χ0n) is 18.1. The molecule has 1 N–H and O–H groups in total. The molecule has 1 heterocycles. The van der Waals surface area contributed by atoms with Crippen LogP contribution in [0.25, 0.3) is 0 Å². The van der Waals surface area contributed by atoms with Gasteiger partial charge in [-0.3, -0.25) is 14.5 Å². The third kappa shape index (κ3) is 4.43. The quantitative estimate of drug-likeness (QED) is 0.572. The van der Waals surface area contributed by atoms with E-state index in [0.717, 1.165) is 16.8 Å². The molecule has 1 saturated heterocycles. The predicted molar refractivity (Wildman–Crippen MR) is 128 cm³/mol. The Bertz CT molecular complexity index is 1120. The second-order valence-electron chi connectivity index (χ2n) is 7.41. The van der Waals surface area contributed by atoms with E-state index < -0.39 is 0 Å². The summed E-state index contributed by atoms with van der Waals surface area (Å²) in [6.45, 7) is 2.01. The largest absolute Gasteiger partial charge is 0.497 e. The summed E-state index contributed by atoms with van der Waals surface area (Å²) in [7, 11) is 3.08. The van der Waals surface area contributed by atoms with Gasteiger partial charge in [0.05, 0.1) is 20.0 Å². The highest BCUT2D eigenvalue weighted by atomic mass is 32.2. The summed E-state index contributed by atoms with van der Waals surface area (Å²) >= 11 is 1.55. The van der Waals surface area contributed by atoms with Gasteiger partial charge < -0.3 is 14.8 Å². The molecule has 3 aromatic carbocycles. The molecule has 0 radical (unpaired) electrons. The van der Waals surface area contributed by atoms with Gasteiger partial charge in [-0.2, -0.15) is 0 Å². The molecule has 6 nitrogen and oxygen atoms in total. The van der Waals surface area contributed by atoms with Crippen molar-refractivity contribution in [3.05, 3.63) is 83.4 Å². The van der Waals surface area contributed by atoms with Crippen LogP contribution in [0.15, 0.2) is 66.7 Å². The lowest BCUT2D eigenvalue weighted by Crippen LogP contribution is -2.28. The Hall–Kier alpha value is -3.45. The number of thioether (sulfide) groups is 1. The number of para-hydroxylation sites is 1. The first kappa shape index (κ1) is 21.8. The van der Waals surface area contributed by atoms with Crippen LogP contribution in [0.3, 0.4) is 0 Å². The molecule has 0 aromatic heterocycles. The highest BCUT2D eigenvalue weighted by Gasteiger charge is 2.35. The Kier molecular flexibility index (Phi) is 6.37. The van der Waals surface area contributed by atoms with Crippen LogP contribution in [-0.2, 0) is 4.79 Å². The van der Waals surface area contributed by atoms with Crippen LogP contribution < -0.4 is 19.7 Å². The van der Waals surface area contributed by atoms with Gasteiger partial charge in [-0.05, 0) is 37.3 Å². The van der Waals surface area contributed by atoms with E-state index in [-0.39, 0.29) is 17.2 Å². The Morgan fingerprint density at radius 2 is 1.66 bits per heavy atom. The molecule has 7 heteroatoms. The van der Waals surface area contributed by atoms with Gasteiger partial charge in [0.2, 0.25) is 5.91 Å². The average Bonchev–Trinajstić information content (AvgIpc) is 3.20. The van der Waals surface area contributed by atoms with E-state index in [1.165, 1.54) is 0 Å². The average molecular weight is 449 g/mol. The van der Waals surface area contributed by atoms with Crippen LogP contribution in [0.5, 0.6) is 11.5 Å². The Morgan fingerprint density at radius 3 is 2.31 bits per heavy atom. The number of ether oxygens (including phenoxy) is 2. The zero-order valence-corrected chi connectivity index (χ0v) is 18.9. The van der Waals surface area contributed by atoms with Crippen LogP contribution in [0.2, 0.25) is 0 Å². The molecule has 164 valence electrons. The molecular formula is C25H24N2O4S. The number of nitrogens with one attached hydrogen (secondary N) is 1. The standard InChI is InChI=1S/C25H24N2O4S/c1-16-8-10-18(11-9-16)27-23(28)15-32-25(27)21-6-4-5-7-22(21)26-24(29)17-12-19(30-2)14-20(13-17)31-3/h4-14,25H,15H2,1-3H3,(H,26,29)/t25-/m1/s1. The minimum Gasteiger partial charge on any atom is -0.497 e. The molecule has 0 bridgehead atoms. The predicted octanol–water partition coefficient (Wildman–Crippen LogP) is 5.04. The minimum absolute atomic E-state index is 0.0440. The maximum Gasteiger partial charge on any atom is 0.255 e. The summed E-state index contributed by atoms with van der Waals surface area (Å²) in [4.78, 5) is 27.6. The van der Waals surface area contributed by atoms with Crippen LogP contribution in [0, 0.1) is 6.92 Å². The van der Waals surface area contributed by atoms with E-state index in [2.05, 4.69) is 5.32 Å². The number of nitrogens with zero attached hydrogens (tertiary/aromatic N) is 1. The maximum atomic E-state index is 13.1. The molecule has 1 atom stereocenters. The van der Waals surface area contributed by atoms with Crippen LogP contribution in [0.4, 0.5) is 11.4 Å². The number of rotatable bonds is 6. The molecule has 0 unspecified atom stereocenters. The molecule has 32 heavy (non-hydrogen) atoms. The zero-order chi connectivity index (χ0) is 22.7. The van der Waals surface area contributed by atoms with Gasteiger partial charge in [-0.25, -0.2) is 0 Å². The third-order valence-corrected chi connectivity index (χ3v) is 6.46. The van der Waals surface area contributed by atoms with E-state index in [0.29, 0.717) is 28.5 Å². The number of anilines is 2. The number of carbonyl (C=O) groups is 2. The van der Waals surface area contributed by atoms with Crippen LogP contribution in [-0.4, -0.2) is 31.8 Å². The first-order valence-electron chi connectivity index (χ1n) is 10.1. The molecule has 1 fully saturated rings. The van der Waals surface area contributed by atoms with E-state index in [1.54, 1.807) is 49.1 Å². The smallest absolute Gasteiger partial charge is 0.255 e. The summed E-state index contributed by atoms with van der Waals surface area (Å²) in [5.41, 5.74) is 3.91. The summed E-state index contributed by atoms with van der Waals surface area (Å²) < 4.78 is 10.6. The Labute approximate surface area is 191 Å². The maximum absolute atomic E-state index is 13.1. The van der Waals surface area contributed by atoms with E-state index >= 15 is 0 Å². The molecule has 0 aliphatic carbocycles. The highest BCUT2D eigenvalue weighted by Crippen LogP contribution is 2.44. The van der Waals surface area contributed by atoms with Gasteiger partial charge in [0.15, 0.2) is 0 Å². The molecule has 1 aliphatic rings. The fourth-order valence-electron chi connectivity index (χ4n) is 3.60. The number of amides is 2. The molecular weight excluding hydrogens is 424 g/mol. The lowest BCUT2D eigenvalue weighted by molar-refractivity contribution is -0.115. The second-order valence-corrected chi connectivity index (χ2v) is 8.47. The van der Waals surface area contributed by atoms with Crippen molar-refractivity contribution in [2.45, 2.75) is 12.3 Å². The van der Waals surface area contributed by atoms with E-state index in [4.69, 9.17) is 9.47 Å². The molecule has 1 aliphatic heterocycles. The first-order valence-corrected chi connectivity index (χ1v) is 11.2. The van der Waals surface area contributed by atoms with Crippen molar-refractivity contribution in [1.82, 2.24) is 0 Å². The lowest BCUT2D eigenvalue weighted by Gasteiger charge is -2.26. The summed E-state index contributed by atoms with van der Waals surface area (Å²) in [5, 5.41) is 2.77. The topological polar surface area (TPSA) is 67.9 Å². The van der Waals surface area contributed by atoms with Gasteiger partial charge in [-0.15, -0.1) is 11.8 Å². The van der Waals surface area contributed by atoms with Gasteiger partial charge >= 0.3 is 0 Å². The number of methoxy groups -OCH3 is 2. The van der Waals surface area contributed by atoms with Crippen molar-refractivity contribution in [2.75, 3.05) is 30.2 Å². The Morgan fingerprint density at radius 1 is 1.00 bits per heavy atom. The molecule has 3 aromatic rings. The van der Waals surface area contributed by atoms with Crippen molar-refractivity contribution in [1.29, 1.82) is 0 Å². The van der Waals surface area contributed by atoms with Crippen molar-refractivity contribution in [3.63, 3.8) is 0 Å². The third-order valence-electron chi connectivity index (χ3n) is 5.27. The van der Waals surface area contributed by atoms with E-state index in [1.807, 2.05) is 55.5 Å². The molecule has 4 rings (SSSR count). The van der Waals surface area contributed by atoms with Crippen molar-refractivity contribution >= 4 is 35.0 Å². The lowest BCUT2D eigenvalue weighted by atomic mass is 10.1. The monoisotopic (exact) mass is 448 g/mol. The normalized spacial score (nSPS) is 15.5. The first-order chi connectivity index (χ1) is 15.5. The summed E-state index contributed by atoms with van der Waals surface area (Å²) in [6.07, 6.45) is 0. The highest BCUT2D eigenvalue weighted by molar-refractivity contribution is 8.00. The van der Waals surface area contributed by atoms with Gasteiger partial charge in [0.25, 0.3) is 5.91 Å². The number of aryl methyl sites for hydroxylation is 1. The van der Waals surface area contributed by atoms with E-state index in [9.17, 15) is 9.59 Å². The van der Waals surface area contributed by atoms with Crippen molar-refractivity contribution in [3.8, 4) is 11.5 Å². The summed E-state index contributed by atoms with van der Waals surface area (Å²) in [6, 6.07) is 20.5. The van der Waals surface area contributed by atoms with Gasteiger partial charge in [0.1, 0.15) is 16.9 Å². The number of hydrogen-bond acceptors (Lipinski definition) is 5.